The minimum Gasteiger partial charge on any atom is -0.426 e. The number of ether oxygens (including phenoxy) is 2. The van der Waals surface area contributed by atoms with Gasteiger partial charge in [0.1, 0.15) is 11.5 Å². The molecule has 1 aliphatic heterocycles. The molecule has 1 heterocycles. The first-order valence-corrected chi connectivity index (χ1v) is 7.12. The summed E-state index contributed by atoms with van der Waals surface area (Å²) in [6.45, 7) is 1.33. The van der Waals surface area contributed by atoms with E-state index in [1.807, 2.05) is 36.4 Å². The lowest BCUT2D eigenvalue weighted by Gasteiger charge is -2.05. The highest BCUT2D eigenvalue weighted by atomic mass is 16.5. The van der Waals surface area contributed by atoms with E-state index in [0.29, 0.717) is 22.6 Å². The minimum atomic E-state index is -0.429. The average molecular weight is 306 g/mol. The summed E-state index contributed by atoms with van der Waals surface area (Å²) < 4.78 is 10.4. The van der Waals surface area contributed by atoms with Gasteiger partial charge in [-0.3, -0.25) is 4.79 Å². The van der Waals surface area contributed by atoms with E-state index < -0.39 is 11.9 Å². The summed E-state index contributed by atoms with van der Waals surface area (Å²) in [5.41, 5.74) is 1.88. The van der Waals surface area contributed by atoms with Crippen molar-refractivity contribution >= 4 is 23.8 Å². The predicted octanol–water partition coefficient (Wildman–Crippen LogP) is 3.59. The van der Waals surface area contributed by atoms with Crippen LogP contribution in [0.4, 0.5) is 0 Å². The molecule has 0 aromatic heterocycles. The first-order valence-electron chi connectivity index (χ1n) is 7.12. The van der Waals surface area contributed by atoms with Gasteiger partial charge in [-0.1, -0.05) is 48.5 Å². The van der Waals surface area contributed by atoms with Crippen LogP contribution in [0.1, 0.15) is 18.1 Å². The van der Waals surface area contributed by atoms with E-state index in [0.717, 1.165) is 5.56 Å². The van der Waals surface area contributed by atoms with E-state index >= 15 is 0 Å². The number of carbonyl (C=O) groups excluding carboxylic acids is 2. The molecule has 4 nitrogen and oxygen atoms in total. The maximum absolute atomic E-state index is 12.0. The van der Waals surface area contributed by atoms with Gasteiger partial charge in [0.05, 0.1) is 5.57 Å². The van der Waals surface area contributed by atoms with E-state index in [-0.39, 0.29) is 0 Å². The minimum absolute atomic E-state index is 0.405. The van der Waals surface area contributed by atoms with Gasteiger partial charge in [-0.05, 0) is 18.2 Å². The van der Waals surface area contributed by atoms with E-state index in [1.54, 1.807) is 30.4 Å². The number of hydrogen-bond acceptors (Lipinski definition) is 4. The number of cyclic esters (lactones) is 1. The van der Waals surface area contributed by atoms with Gasteiger partial charge in [-0.25, -0.2) is 4.79 Å². The van der Waals surface area contributed by atoms with Crippen molar-refractivity contribution < 1.29 is 19.1 Å². The zero-order chi connectivity index (χ0) is 16.2. The summed E-state index contributed by atoms with van der Waals surface area (Å²) in [5.74, 6) is 0.0699. The molecule has 0 radical (unpaired) electrons. The van der Waals surface area contributed by atoms with Gasteiger partial charge >= 0.3 is 11.9 Å². The molecule has 0 aliphatic carbocycles. The quantitative estimate of drug-likeness (QED) is 0.494. The first kappa shape index (κ1) is 14.8. The van der Waals surface area contributed by atoms with Crippen molar-refractivity contribution in [3.05, 3.63) is 77.4 Å². The Morgan fingerprint density at radius 1 is 1.04 bits per heavy atom. The Morgan fingerprint density at radius 2 is 1.74 bits per heavy atom. The summed E-state index contributed by atoms with van der Waals surface area (Å²) in [4.78, 5) is 23.2. The highest BCUT2D eigenvalue weighted by molar-refractivity contribution is 6.05. The van der Waals surface area contributed by atoms with Crippen molar-refractivity contribution in [2.24, 2.45) is 0 Å². The Hall–Kier alpha value is -3.14. The largest absolute Gasteiger partial charge is 0.426 e. The molecule has 23 heavy (non-hydrogen) atoms. The summed E-state index contributed by atoms with van der Waals surface area (Å²) in [7, 11) is 0. The van der Waals surface area contributed by atoms with E-state index in [1.165, 1.54) is 6.92 Å². The van der Waals surface area contributed by atoms with Crippen LogP contribution in [-0.2, 0) is 14.3 Å². The molecule has 3 rings (SSSR count). The second kappa shape index (κ2) is 6.32. The zero-order valence-corrected chi connectivity index (χ0v) is 12.5. The molecule has 0 saturated heterocycles. The van der Waals surface area contributed by atoms with Crippen LogP contribution in [0.5, 0.6) is 5.75 Å². The van der Waals surface area contributed by atoms with Crippen LogP contribution in [0.25, 0.3) is 11.8 Å². The summed E-state index contributed by atoms with van der Waals surface area (Å²) in [5, 5.41) is 0. The third kappa shape index (κ3) is 3.37. The standard InChI is InChI=1S/C19H14O4/c1-13(20)22-17-10-6-5-9-15(17)11-16-12-18(23-19(16)21)14-7-3-2-4-8-14/h2-12H,1H3. The van der Waals surface area contributed by atoms with Crippen LogP contribution >= 0.6 is 0 Å². The SMILES string of the molecule is CC(=O)Oc1ccccc1C=C1C=C(c2ccccc2)OC1=O. The van der Waals surface area contributed by atoms with Crippen LogP contribution in [0.2, 0.25) is 0 Å². The Morgan fingerprint density at radius 3 is 2.48 bits per heavy atom. The second-order valence-electron chi connectivity index (χ2n) is 5.00. The molecular weight excluding hydrogens is 292 g/mol. The molecule has 0 unspecified atom stereocenters. The summed E-state index contributed by atoms with van der Waals surface area (Å²) in [6, 6.07) is 16.4. The van der Waals surface area contributed by atoms with Crippen LogP contribution in [0.15, 0.2) is 66.2 Å². The number of carbonyl (C=O) groups is 2. The van der Waals surface area contributed by atoms with Crippen LogP contribution in [0.3, 0.4) is 0 Å². The van der Waals surface area contributed by atoms with Gasteiger partial charge in [-0.15, -0.1) is 0 Å². The second-order valence-corrected chi connectivity index (χ2v) is 5.00. The van der Waals surface area contributed by atoms with Gasteiger partial charge in [0.15, 0.2) is 0 Å². The first-order chi connectivity index (χ1) is 11.1. The number of esters is 2. The Labute approximate surface area is 133 Å². The molecule has 114 valence electrons. The zero-order valence-electron chi connectivity index (χ0n) is 12.5. The molecule has 1 aliphatic rings. The van der Waals surface area contributed by atoms with Gasteiger partial charge in [0.2, 0.25) is 0 Å². The lowest BCUT2D eigenvalue weighted by molar-refractivity contribution is -0.132. The van der Waals surface area contributed by atoms with Gasteiger partial charge < -0.3 is 9.47 Å². The van der Waals surface area contributed by atoms with Gasteiger partial charge in [0, 0.05) is 18.1 Å². The normalized spacial score (nSPS) is 15.3. The lowest BCUT2D eigenvalue weighted by atomic mass is 10.1. The highest BCUT2D eigenvalue weighted by Gasteiger charge is 2.22. The van der Waals surface area contributed by atoms with Crippen LogP contribution < -0.4 is 4.74 Å². The fourth-order valence-corrected chi connectivity index (χ4v) is 2.25. The average Bonchev–Trinajstić information content (AvgIpc) is 2.91. The molecule has 2 aromatic carbocycles. The third-order valence-corrected chi connectivity index (χ3v) is 3.27. The van der Waals surface area contributed by atoms with Crippen molar-refractivity contribution in [1.82, 2.24) is 0 Å². The lowest BCUT2D eigenvalue weighted by Crippen LogP contribution is -2.03. The molecule has 4 heteroatoms. The summed E-state index contributed by atoms with van der Waals surface area (Å²) >= 11 is 0. The third-order valence-electron chi connectivity index (χ3n) is 3.27. The van der Waals surface area contributed by atoms with Crippen LogP contribution in [-0.4, -0.2) is 11.9 Å². The van der Waals surface area contributed by atoms with Crippen molar-refractivity contribution in [3.8, 4) is 5.75 Å². The fraction of sp³-hybridized carbons (Fsp3) is 0.0526. The number of hydrogen-bond donors (Lipinski definition) is 0. The van der Waals surface area contributed by atoms with Crippen molar-refractivity contribution in [1.29, 1.82) is 0 Å². The molecule has 0 saturated carbocycles. The highest BCUT2D eigenvalue weighted by Crippen LogP contribution is 2.29. The van der Waals surface area contributed by atoms with Crippen molar-refractivity contribution in [2.45, 2.75) is 6.92 Å². The summed E-state index contributed by atoms with van der Waals surface area (Å²) in [6.07, 6.45) is 3.33. The van der Waals surface area contributed by atoms with E-state index in [2.05, 4.69) is 0 Å². The Balaban J connectivity index is 1.95. The van der Waals surface area contributed by atoms with Crippen molar-refractivity contribution in [3.63, 3.8) is 0 Å². The van der Waals surface area contributed by atoms with Gasteiger partial charge in [-0.2, -0.15) is 0 Å². The molecule has 0 bridgehead atoms. The van der Waals surface area contributed by atoms with Gasteiger partial charge in [0.25, 0.3) is 0 Å². The monoisotopic (exact) mass is 306 g/mol. The maximum Gasteiger partial charge on any atom is 0.343 e. The van der Waals surface area contributed by atoms with Crippen molar-refractivity contribution in [2.75, 3.05) is 0 Å². The number of rotatable bonds is 3. The molecule has 0 fully saturated rings. The predicted molar refractivity (Wildman–Crippen MR) is 86.2 cm³/mol. The smallest absolute Gasteiger partial charge is 0.343 e. The molecular formula is C19H14O4. The topological polar surface area (TPSA) is 52.6 Å². The maximum atomic E-state index is 12.0. The Kier molecular flexibility index (Phi) is 4.06. The van der Waals surface area contributed by atoms with Crippen LogP contribution in [0, 0.1) is 0 Å². The molecule has 0 amide bonds. The molecule has 2 aromatic rings. The number of benzene rings is 2. The molecule has 0 spiro atoms. The Bertz CT molecular complexity index is 816. The number of para-hydroxylation sites is 1. The molecule has 0 N–H and O–H groups in total. The molecule has 0 atom stereocenters. The van der Waals surface area contributed by atoms with E-state index in [4.69, 9.17) is 9.47 Å². The van der Waals surface area contributed by atoms with E-state index in [9.17, 15) is 9.59 Å². The fourth-order valence-electron chi connectivity index (χ4n) is 2.25.